The van der Waals surface area contributed by atoms with E-state index >= 15 is 0 Å². The summed E-state index contributed by atoms with van der Waals surface area (Å²) >= 11 is 0. The number of aromatic nitrogens is 1. The van der Waals surface area contributed by atoms with Crippen molar-refractivity contribution in [1.82, 2.24) is 10.1 Å². The van der Waals surface area contributed by atoms with Crippen molar-refractivity contribution in [3.8, 4) is 11.3 Å². The Morgan fingerprint density at radius 1 is 1.17 bits per heavy atom. The molecule has 2 fully saturated rings. The minimum Gasteiger partial charge on any atom is -0.465 e. The summed E-state index contributed by atoms with van der Waals surface area (Å²) in [5.74, 6) is -5.88. The van der Waals surface area contributed by atoms with Gasteiger partial charge in [0.25, 0.3) is 5.92 Å². The second-order valence-corrected chi connectivity index (χ2v) is 7.32. The van der Waals surface area contributed by atoms with Gasteiger partial charge in [0.1, 0.15) is 17.3 Å². The Labute approximate surface area is 159 Å². The number of benzene rings is 1. The van der Waals surface area contributed by atoms with Gasteiger partial charge in [-0.05, 0) is 31.0 Å². The second kappa shape index (κ2) is 6.14. The van der Waals surface area contributed by atoms with E-state index < -0.39 is 40.9 Å². The van der Waals surface area contributed by atoms with Crippen molar-refractivity contribution in [2.45, 2.75) is 30.9 Å². The third-order valence-electron chi connectivity index (χ3n) is 5.76. The zero-order valence-corrected chi connectivity index (χ0v) is 14.6. The molecule has 1 spiro atoms. The first-order chi connectivity index (χ1) is 13.5. The quantitative estimate of drug-likeness (QED) is 0.695. The summed E-state index contributed by atoms with van der Waals surface area (Å²) in [6.45, 7) is -0.109. The van der Waals surface area contributed by atoms with Gasteiger partial charge in [0.15, 0.2) is 0 Å². The number of piperidine rings is 1. The predicted molar refractivity (Wildman–Crippen MR) is 85.9 cm³/mol. The van der Waals surface area contributed by atoms with Gasteiger partial charge in [0.05, 0.1) is 16.9 Å². The molecule has 1 saturated heterocycles. The van der Waals surface area contributed by atoms with Crippen LogP contribution in [0.15, 0.2) is 28.8 Å². The zero-order valence-electron chi connectivity index (χ0n) is 14.6. The first-order valence-corrected chi connectivity index (χ1v) is 8.66. The molecule has 1 unspecified atom stereocenters. The van der Waals surface area contributed by atoms with Crippen LogP contribution >= 0.6 is 0 Å². The molecule has 2 aliphatic rings. The van der Waals surface area contributed by atoms with Gasteiger partial charge in [-0.2, -0.15) is 13.2 Å². The molecule has 5 nitrogen and oxygen atoms in total. The maximum absolute atomic E-state index is 14.6. The van der Waals surface area contributed by atoms with Crippen molar-refractivity contribution in [2.75, 3.05) is 13.1 Å². The van der Waals surface area contributed by atoms with Crippen molar-refractivity contribution in [3.05, 3.63) is 41.4 Å². The number of likely N-dealkylation sites (tertiary alicyclic amines) is 1. The molecule has 1 aliphatic heterocycles. The van der Waals surface area contributed by atoms with E-state index in [1.165, 1.54) is 0 Å². The van der Waals surface area contributed by atoms with Crippen molar-refractivity contribution in [1.29, 1.82) is 0 Å². The van der Waals surface area contributed by atoms with Gasteiger partial charge < -0.3 is 14.5 Å². The Morgan fingerprint density at radius 3 is 2.41 bits per heavy atom. The van der Waals surface area contributed by atoms with E-state index in [9.17, 15) is 31.1 Å². The molecule has 1 saturated carbocycles. The molecule has 156 valence electrons. The number of rotatable bonds is 2. The van der Waals surface area contributed by atoms with Crippen LogP contribution in [0.25, 0.3) is 11.3 Å². The Balaban J connectivity index is 1.61. The molecular formula is C18H14F6N2O3. The molecule has 1 aliphatic carbocycles. The molecule has 1 aromatic carbocycles. The van der Waals surface area contributed by atoms with Crippen molar-refractivity contribution < 1.29 is 40.8 Å². The fourth-order valence-electron chi connectivity index (χ4n) is 4.14. The summed E-state index contributed by atoms with van der Waals surface area (Å²) in [4.78, 5) is 12.0. The van der Waals surface area contributed by atoms with Crippen LogP contribution in [-0.4, -0.2) is 40.3 Å². The van der Waals surface area contributed by atoms with E-state index in [-0.39, 0.29) is 42.9 Å². The first kappa shape index (κ1) is 19.6. The Morgan fingerprint density at radius 2 is 1.83 bits per heavy atom. The van der Waals surface area contributed by atoms with Crippen molar-refractivity contribution >= 4 is 6.09 Å². The third-order valence-corrected chi connectivity index (χ3v) is 5.76. The van der Waals surface area contributed by atoms with E-state index in [1.54, 1.807) is 0 Å². The highest BCUT2D eigenvalue weighted by molar-refractivity contribution is 5.65. The Kier molecular flexibility index (Phi) is 4.15. The smallest absolute Gasteiger partial charge is 0.416 e. The number of nitrogens with zero attached hydrogens (tertiary/aromatic N) is 2. The topological polar surface area (TPSA) is 66.6 Å². The summed E-state index contributed by atoms with van der Waals surface area (Å²) < 4.78 is 86.4. The molecule has 4 rings (SSSR count). The van der Waals surface area contributed by atoms with Crippen molar-refractivity contribution in [2.24, 2.45) is 5.41 Å². The fraction of sp³-hybridized carbons (Fsp3) is 0.444. The minimum absolute atomic E-state index is 0.0543. The highest BCUT2D eigenvalue weighted by Crippen LogP contribution is 2.75. The molecule has 29 heavy (non-hydrogen) atoms. The summed E-state index contributed by atoms with van der Waals surface area (Å²) in [7, 11) is 0. The molecular weight excluding hydrogens is 406 g/mol. The maximum atomic E-state index is 14.6. The minimum atomic E-state index is -4.78. The molecule has 2 aromatic rings. The van der Waals surface area contributed by atoms with Crippen LogP contribution in [0.1, 0.15) is 30.1 Å². The van der Waals surface area contributed by atoms with E-state index in [4.69, 9.17) is 9.63 Å². The molecule has 1 N–H and O–H groups in total. The number of carbonyl (C=O) groups is 1. The number of amides is 1. The highest BCUT2D eigenvalue weighted by atomic mass is 19.4. The monoisotopic (exact) mass is 420 g/mol. The lowest BCUT2D eigenvalue weighted by atomic mass is 9.90. The maximum Gasteiger partial charge on any atom is 0.416 e. The fourth-order valence-corrected chi connectivity index (χ4v) is 4.14. The summed E-state index contributed by atoms with van der Waals surface area (Å²) in [5.41, 5.74) is -3.14. The standard InChI is InChI=1S/C18H14F6N2O3/c19-11-6-9(5-10(7-11)18(22,23)24)12-8-13(29-25-12)14-16(17(14,20)21)1-3-26(4-2-16)15(27)28/h5-8,14H,1-4H2,(H,27,28). The van der Waals surface area contributed by atoms with Gasteiger partial charge in [-0.3, -0.25) is 0 Å². The van der Waals surface area contributed by atoms with Gasteiger partial charge in [-0.1, -0.05) is 5.16 Å². The number of hydrogen-bond donors (Lipinski definition) is 1. The molecule has 2 heterocycles. The van der Waals surface area contributed by atoms with Gasteiger partial charge >= 0.3 is 12.3 Å². The first-order valence-electron chi connectivity index (χ1n) is 8.66. The van der Waals surface area contributed by atoms with Gasteiger partial charge in [-0.25, -0.2) is 18.0 Å². The molecule has 1 aromatic heterocycles. The second-order valence-electron chi connectivity index (χ2n) is 7.32. The molecule has 0 radical (unpaired) electrons. The van der Waals surface area contributed by atoms with Crippen LogP contribution in [0.3, 0.4) is 0 Å². The van der Waals surface area contributed by atoms with E-state index in [0.717, 1.165) is 17.0 Å². The number of hydrogen-bond acceptors (Lipinski definition) is 3. The van der Waals surface area contributed by atoms with Crippen LogP contribution in [-0.2, 0) is 6.18 Å². The molecule has 1 amide bonds. The van der Waals surface area contributed by atoms with Gasteiger partial charge in [-0.15, -0.1) is 0 Å². The zero-order chi connectivity index (χ0) is 21.2. The average molecular weight is 420 g/mol. The lowest BCUT2D eigenvalue weighted by Crippen LogP contribution is -2.39. The number of alkyl halides is 5. The van der Waals surface area contributed by atoms with Crippen LogP contribution in [0, 0.1) is 11.2 Å². The number of carboxylic acid groups (broad SMARTS) is 1. The van der Waals surface area contributed by atoms with E-state index in [0.29, 0.717) is 12.1 Å². The van der Waals surface area contributed by atoms with Gasteiger partial charge in [0, 0.05) is 24.7 Å². The van der Waals surface area contributed by atoms with E-state index in [2.05, 4.69) is 5.16 Å². The normalized spacial score (nSPS) is 22.7. The highest BCUT2D eigenvalue weighted by Gasteiger charge is 2.82. The largest absolute Gasteiger partial charge is 0.465 e. The molecule has 0 bridgehead atoms. The van der Waals surface area contributed by atoms with Crippen molar-refractivity contribution in [3.63, 3.8) is 0 Å². The Bertz CT molecular complexity index is 963. The van der Waals surface area contributed by atoms with Crippen LogP contribution < -0.4 is 0 Å². The third kappa shape index (κ3) is 3.03. The molecule has 1 atom stereocenters. The lowest BCUT2D eigenvalue weighted by Gasteiger charge is -2.30. The Hall–Kier alpha value is -2.72. The van der Waals surface area contributed by atoms with Crippen LogP contribution in [0.2, 0.25) is 0 Å². The number of halogens is 6. The predicted octanol–water partition coefficient (Wildman–Crippen LogP) is 4.99. The summed E-state index contributed by atoms with van der Waals surface area (Å²) in [6.07, 6.45) is -6.13. The average Bonchev–Trinajstić information content (AvgIpc) is 2.96. The van der Waals surface area contributed by atoms with Crippen LogP contribution in [0.4, 0.5) is 31.1 Å². The SMILES string of the molecule is O=C(O)N1CCC2(CC1)C(c1cc(-c3cc(F)cc(C(F)(F)F)c3)no1)C2(F)F. The van der Waals surface area contributed by atoms with E-state index in [1.807, 2.05) is 0 Å². The lowest BCUT2D eigenvalue weighted by molar-refractivity contribution is -0.137. The summed E-state index contributed by atoms with van der Waals surface area (Å²) in [6, 6.07) is 2.89. The molecule has 11 heteroatoms. The summed E-state index contributed by atoms with van der Waals surface area (Å²) in [5, 5.41) is 12.5. The van der Waals surface area contributed by atoms with Crippen LogP contribution in [0.5, 0.6) is 0 Å². The van der Waals surface area contributed by atoms with Gasteiger partial charge in [0.2, 0.25) is 0 Å².